The Kier molecular flexibility index (Phi) is 5.75. The van der Waals surface area contributed by atoms with Gasteiger partial charge in [0.1, 0.15) is 0 Å². The van der Waals surface area contributed by atoms with Gasteiger partial charge in [0.05, 0.1) is 11.6 Å². The minimum Gasteiger partial charge on any atom is -0.448 e. The molecule has 31 heavy (non-hydrogen) atoms. The van der Waals surface area contributed by atoms with E-state index in [4.69, 9.17) is 4.74 Å². The number of halogens is 3. The van der Waals surface area contributed by atoms with Crippen LogP contribution in [0.1, 0.15) is 42.5 Å². The van der Waals surface area contributed by atoms with Crippen molar-refractivity contribution >= 4 is 11.9 Å². The quantitative estimate of drug-likeness (QED) is 0.785. The van der Waals surface area contributed by atoms with Gasteiger partial charge in [-0.25, -0.2) is 4.99 Å². The van der Waals surface area contributed by atoms with Crippen molar-refractivity contribution < 1.29 is 22.7 Å². The first-order chi connectivity index (χ1) is 14.8. The minimum absolute atomic E-state index is 0.00835. The van der Waals surface area contributed by atoms with Gasteiger partial charge in [0.2, 0.25) is 0 Å². The van der Waals surface area contributed by atoms with E-state index < -0.39 is 23.4 Å². The highest BCUT2D eigenvalue weighted by molar-refractivity contribution is 6.04. The predicted octanol–water partition coefficient (Wildman–Crippen LogP) is 4.30. The second-order valence-corrected chi connectivity index (χ2v) is 8.01. The lowest BCUT2D eigenvalue weighted by Gasteiger charge is -2.36. The molecule has 1 N–H and O–H groups in total. The highest BCUT2D eigenvalue weighted by atomic mass is 19.4. The first-order valence-electron chi connectivity index (χ1n) is 10.3. The second kappa shape index (κ2) is 8.34. The van der Waals surface area contributed by atoms with Crippen LogP contribution in [0.2, 0.25) is 0 Å². The van der Waals surface area contributed by atoms with Crippen LogP contribution in [-0.2, 0) is 22.3 Å². The maximum Gasteiger partial charge on any atom is 0.416 e. The standard InChI is InChI=1S/C23H24F3N3O2/c1-16(18-9-5-6-10-19(18)23(24,25)26)27-21-28-20(30)22(31-21)11-13-29(14-12-22)15-17-7-3-2-4-8-17/h2-10,16H,11-15H2,1H3,(H,27,28,30)/t16-/m0/s1. The number of likely N-dealkylation sites (tertiary alicyclic amines) is 1. The Hall–Kier alpha value is -2.87. The first-order valence-corrected chi connectivity index (χ1v) is 10.3. The molecule has 2 saturated heterocycles. The van der Waals surface area contributed by atoms with Crippen LogP contribution in [-0.4, -0.2) is 35.5 Å². The van der Waals surface area contributed by atoms with Crippen molar-refractivity contribution in [2.24, 2.45) is 4.99 Å². The molecular weight excluding hydrogens is 407 g/mol. The zero-order valence-corrected chi connectivity index (χ0v) is 17.2. The molecule has 1 amide bonds. The summed E-state index contributed by atoms with van der Waals surface area (Å²) < 4.78 is 45.8. The number of aliphatic imine (C=N–C) groups is 1. The summed E-state index contributed by atoms with van der Waals surface area (Å²) in [6, 6.07) is 14.6. The number of carbonyl (C=O) groups excluding carboxylic acids is 1. The number of piperidine rings is 1. The minimum atomic E-state index is -4.47. The maximum atomic E-state index is 13.3. The second-order valence-electron chi connectivity index (χ2n) is 8.01. The van der Waals surface area contributed by atoms with Gasteiger partial charge >= 0.3 is 6.18 Å². The monoisotopic (exact) mass is 431 g/mol. The molecule has 0 aromatic heterocycles. The number of hydrogen-bond donors (Lipinski definition) is 1. The summed E-state index contributed by atoms with van der Waals surface area (Å²) in [5.74, 6) is -0.276. The largest absolute Gasteiger partial charge is 0.448 e. The van der Waals surface area contributed by atoms with Crippen LogP contribution in [0.4, 0.5) is 13.2 Å². The number of rotatable bonds is 4. The average Bonchev–Trinajstić information content (AvgIpc) is 3.04. The summed E-state index contributed by atoms with van der Waals surface area (Å²) in [4.78, 5) is 19.2. The third-order valence-corrected chi connectivity index (χ3v) is 5.87. The summed E-state index contributed by atoms with van der Waals surface area (Å²) in [6.07, 6.45) is -3.48. The highest BCUT2D eigenvalue weighted by Gasteiger charge is 2.49. The van der Waals surface area contributed by atoms with Gasteiger partial charge in [-0.2, -0.15) is 13.2 Å². The predicted molar refractivity (Wildman–Crippen MR) is 110 cm³/mol. The van der Waals surface area contributed by atoms with E-state index >= 15 is 0 Å². The number of amidine groups is 1. The zero-order chi connectivity index (χ0) is 22.1. The Balaban J connectivity index is 1.44. The summed E-state index contributed by atoms with van der Waals surface area (Å²) in [5, 5.41) is 2.63. The number of alkyl halides is 3. The summed E-state index contributed by atoms with van der Waals surface area (Å²) in [7, 11) is 0. The number of benzene rings is 2. The molecule has 2 aliphatic heterocycles. The molecule has 2 aliphatic rings. The molecule has 0 saturated carbocycles. The van der Waals surface area contributed by atoms with Gasteiger partial charge in [0.25, 0.3) is 11.9 Å². The third kappa shape index (κ3) is 4.58. The molecule has 2 heterocycles. The van der Waals surface area contributed by atoms with E-state index in [1.165, 1.54) is 17.7 Å². The van der Waals surface area contributed by atoms with E-state index in [9.17, 15) is 18.0 Å². The van der Waals surface area contributed by atoms with Crippen LogP contribution in [0.3, 0.4) is 0 Å². The molecule has 2 aromatic rings. The van der Waals surface area contributed by atoms with Gasteiger partial charge < -0.3 is 4.74 Å². The van der Waals surface area contributed by atoms with E-state index in [0.29, 0.717) is 25.9 Å². The summed E-state index contributed by atoms with van der Waals surface area (Å²) in [6.45, 7) is 3.72. The van der Waals surface area contributed by atoms with Gasteiger partial charge in [0, 0.05) is 32.5 Å². The van der Waals surface area contributed by atoms with E-state index in [1.54, 1.807) is 13.0 Å². The molecule has 0 aliphatic carbocycles. The lowest BCUT2D eigenvalue weighted by Crippen LogP contribution is -2.49. The van der Waals surface area contributed by atoms with Crippen molar-refractivity contribution in [1.82, 2.24) is 10.2 Å². The van der Waals surface area contributed by atoms with Crippen LogP contribution in [0, 0.1) is 0 Å². The van der Waals surface area contributed by atoms with Gasteiger partial charge in [-0.1, -0.05) is 48.5 Å². The molecule has 2 fully saturated rings. The van der Waals surface area contributed by atoms with Crippen molar-refractivity contribution in [2.75, 3.05) is 13.1 Å². The molecule has 0 unspecified atom stereocenters. The van der Waals surface area contributed by atoms with Gasteiger partial charge in [0.15, 0.2) is 5.60 Å². The van der Waals surface area contributed by atoms with Crippen molar-refractivity contribution in [3.63, 3.8) is 0 Å². The Morgan fingerprint density at radius 3 is 2.42 bits per heavy atom. The van der Waals surface area contributed by atoms with Gasteiger partial charge in [-0.05, 0) is 24.1 Å². The van der Waals surface area contributed by atoms with Crippen molar-refractivity contribution in [3.8, 4) is 0 Å². The fourth-order valence-corrected chi connectivity index (χ4v) is 4.13. The van der Waals surface area contributed by atoms with Crippen LogP contribution >= 0.6 is 0 Å². The van der Waals surface area contributed by atoms with E-state index in [2.05, 4.69) is 27.3 Å². The lowest BCUT2D eigenvalue weighted by molar-refractivity contribution is -0.138. The van der Waals surface area contributed by atoms with Gasteiger partial charge in [-0.15, -0.1) is 0 Å². The fraction of sp³-hybridized carbons (Fsp3) is 0.391. The SMILES string of the molecule is C[C@H](N=C1NC(=O)C2(CCN(Cc3ccccc3)CC2)O1)c1ccccc1C(F)(F)F. The normalized spacial score (nSPS) is 21.2. The van der Waals surface area contributed by atoms with Crippen LogP contribution in [0.15, 0.2) is 59.6 Å². The molecule has 0 bridgehead atoms. The van der Waals surface area contributed by atoms with E-state index in [-0.39, 0.29) is 17.5 Å². The first kappa shape index (κ1) is 21.4. The molecular formula is C23H24F3N3O2. The Bertz CT molecular complexity index is 968. The van der Waals surface area contributed by atoms with E-state index in [0.717, 1.165) is 12.6 Å². The lowest BCUT2D eigenvalue weighted by atomic mass is 9.90. The molecule has 164 valence electrons. The number of hydrogen-bond acceptors (Lipinski definition) is 4. The molecule has 8 heteroatoms. The van der Waals surface area contributed by atoms with Crippen LogP contribution in [0.5, 0.6) is 0 Å². The molecule has 1 spiro atoms. The van der Waals surface area contributed by atoms with Crippen molar-refractivity contribution in [1.29, 1.82) is 0 Å². The maximum absolute atomic E-state index is 13.3. The van der Waals surface area contributed by atoms with E-state index in [1.807, 2.05) is 18.2 Å². The number of ether oxygens (including phenoxy) is 1. The van der Waals surface area contributed by atoms with Crippen molar-refractivity contribution in [3.05, 3.63) is 71.3 Å². The number of nitrogens with one attached hydrogen (secondary N) is 1. The molecule has 1 atom stereocenters. The zero-order valence-electron chi connectivity index (χ0n) is 17.2. The Morgan fingerprint density at radius 1 is 1.10 bits per heavy atom. The average molecular weight is 431 g/mol. The molecule has 4 rings (SSSR count). The molecule has 2 aromatic carbocycles. The van der Waals surface area contributed by atoms with Crippen LogP contribution in [0.25, 0.3) is 0 Å². The van der Waals surface area contributed by atoms with Gasteiger partial charge in [-0.3, -0.25) is 15.0 Å². The van der Waals surface area contributed by atoms with Crippen LogP contribution < -0.4 is 5.32 Å². The Labute approximate surface area is 178 Å². The smallest absolute Gasteiger partial charge is 0.416 e. The summed E-state index contributed by atoms with van der Waals surface area (Å²) in [5.41, 5.74) is -0.497. The summed E-state index contributed by atoms with van der Waals surface area (Å²) >= 11 is 0. The molecule has 5 nitrogen and oxygen atoms in total. The fourth-order valence-electron chi connectivity index (χ4n) is 4.13. The number of carbonyl (C=O) groups is 1. The highest BCUT2D eigenvalue weighted by Crippen LogP contribution is 2.36. The number of amides is 1. The Morgan fingerprint density at radius 2 is 1.74 bits per heavy atom. The third-order valence-electron chi connectivity index (χ3n) is 5.87. The van der Waals surface area contributed by atoms with Crippen molar-refractivity contribution in [2.45, 2.75) is 44.1 Å². The topological polar surface area (TPSA) is 53.9 Å². The molecule has 0 radical (unpaired) electrons. The number of nitrogens with zero attached hydrogens (tertiary/aromatic N) is 2.